The Labute approximate surface area is 129 Å². The molecule has 1 aromatic rings. The summed E-state index contributed by atoms with van der Waals surface area (Å²) in [6.07, 6.45) is 6.30. The lowest BCUT2D eigenvalue weighted by Gasteiger charge is -2.57. The van der Waals surface area contributed by atoms with Crippen LogP contribution in [0, 0.1) is 10.8 Å². The molecule has 4 heteroatoms. The molecule has 21 heavy (non-hydrogen) atoms. The van der Waals surface area contributed by atoms with Crippen molar-refractivity contribution in [3.8, 4) is 5.75 Å². The van der Waals surface area contributed by atoms with Crippen molar-refractivity contribution in [2.24, 2.45) is 11.2 Å². The SMILES string of the molecule is [2H]C([2H])([2H])Oc1ccc2c(c1)[C@]13CCCC[C@@H]1[C@H](C2)N(N=O)CC3. The number of nitroso groups, excluding NO2 is 1. The molecule has 1 heterocycles. The van der Waals surface area contributed by atoms with Gasteiger partial charge in [0, 0.05) is 12.0 Å². The molecule has 3 aliphatic rings. The molecule has 2 fully saturated rings. The second-order valence-electron chi connectivity index (χ2n) is 6.70. The standard InChI is InChI=1S/C17H22N2O2/c1-21-13-6-5-12-10-16-14-4-2-3-7-17(14,15(12)11-13)8-9-19(16)18-20/h5-6,11,14,16H,2-4,7-10H2,1H3/t14-,16+,17+/m1/s1/i1D3. The number of hydrogen-bond acceptors (Lipinski definition) is 3. The van der Waals surface area contributed by atoms with Crippen molar-refractivity contribution in [2.45, 2.75) is 50.0 Å². The fourth-order valence-corrected chi connectivity index (χ4v) is 5.13. The van der Waals surface area contributed by atoms with Gasteiger partial charge in [-0.3, -0.25) is 5.01 Å². The van der Waals surface area contributed by atoms with Crippen molar-refractivity contribution in [3.63, 3.8) is 0 Å². The van der Waals surface area contributed by atoms with Crippen LogP contribution in [0.5, 0.6) is 5.75 Å². The third-order valence-electron chi connectivity index (χ3n) is 6.00. The van der Waals surface area contributed by atoms with Gasteiger partial charge in [0.1, 0.15) is 5.75 Å². The van der Waals surface area contributed by atoms with Crippen LogP contribution in [0.25, 0.3) is 0 Å². The number of piperidine rings is 1. The molecule has 0 aromatic heterocycles. The molecule has 1 aromatic carbocycles. The average Bonchev–Trinajstić information content (AvgIpc) is 2.54. The van der Waals surface area contributed by atoms with Crippen LogP contribution in [0.15, 0.2) is 23.5 Å². The fourth-order valence-electron chi connectivity index (χ4n) is 5.13. The molecule has 1 aliphatic heterocycles. The van der Waals surface area contributed by atoms with Crippen LogP contribution in [0.1, 0.15) is 47.3 Å². The van der Waals surface area contributed by atoms with Gasteiger partial charge in [-0.25, -0.2) is 0 Å². The van der Waals surface area contributed by atoms with E-state index in [9.17, 15) is 4.91 Å². The van der Waals surface area contributed by atoms with E-state index in [1.54, 1.807) is 11.1 Å². The maximum absolute atomic E-state index is 11.2. The Morgan fingerprint density at radius 3 is 3.24 bits per heavy atom. The summed E-state index contributed by atoms with van der Waals surface area (Å²) in [5.74, 6) is 0.843. The van der Waals surface area contributed by atoms with Crippen LogP contribution < -0.4 is 4.74 Å². The van der Waals surface area contributed by atoms with Crippen molar-refractivity contribution in [1.82, 2.24) is 5.01 Å². The van der Waals surface area contributed by atoms with Gasteiger partial charge in [0.25, 0.3) is 0 Å². The third kappa shape index (κ3) is 1.74. The first-order valence-electron chi connectivity index (χ1n) is 9.35. The minimum Gasteiger partial charge on any atom is -0.497 e. The normalized spacial score (nSPS) is 36.6. The molecule has 1 saturated carbocycles. The van der Waals surface area contributed by atoms with E-state index in [0.717, 1.165) is 25.7 Å². The highest BCUT2D eigenvalue weighted by atomic mass is 16.5. The van der Waals surface area contributed by atoms with E-state index < -0.39 is 7.04 Å². The average molecular weight is 289 g/mol. The van der Waals surface area contributed by atoms with E-state index in [-0.39, 0.29) is 11.5 Å². The van der Waals surface area contributed by atoms with E-state index in [1.165, 1.54) is 24.0 Å². The number of nitrogens with zero attached hydrogens (tertiary/aromatic N) is 2. The third-order valence-corrected chi connectivity index (χ3v) is 6.00. The second kappa shape index (κ2) is 4.72. The summed E-state index contributed by atoms with van der Waals surface area (Å²) in [4.78, 5) is 11.2. The van der Waals surface area contributed by atoms with E-state index in [2.05, 4.69) is 5.29 Å². The highest BCUT2D eigenvalue weighted by molar-refractivity contribution is 5.45. The van der Waals surface area contributed by atoms with Gasteiger partial charge < -0.3 is 4.74 Å². The van der Waals surface area contributed by atoms with Gasteiger partial charge in [0.05, 0.1) is 22.5 Å². The lowest BCUT2D eigenvalue weighted by atomic mass is 9.52. The van der Waals surface area contributed by atoms with Crippen LogP contribution in [0.2, 0.25) is 0 Å². The first kappa shape index (κ1) is 10.2. The Morgan fingerprint density at radius 2 is 2.38 bits per heavy atom. The first-order chi connectivity index (χ1) is 11.4. The van der Waals surface area contributed by atoms with Gasteiger partial charge in [-0.1, -0.05) is 18.9 Å². The van der Waals surface area contributed by atoms with Gasteiger partial charge in [-0.15, -0.1) is 4.91 Å². The number of hydrogen-bond donors (Lipinski definition) is 0. The van der Waals surface area contributed by atoms with Crippen LogP contribution in [0.3, 0.4) is 0 Å². The van der Waals surface area contributed by atoms with Crippen LogP contribution in [0.4, 0.5) is 0 Å². The van der Waals surface area contributed by atoms with Crippen molar-refractivity contribution < 1.29 is 8.85 Å². The Balaban J connectivity index is 1.79. The van der Waals surface area contributed by atoms with Crippen LogP contribution in [-0.2, 0) is 11.8 Å². The summed E-state index contributed by atoms with van der Waals surface area (Å²) >= 11 is 0. The van der Waals surface area contributed by atoms with E-state index in [1.807, 2.05) is 12.1 Å². The van der Waals surface area contributed by atoms with Gasteiger partial charge >= 0.3 is 0 Å². The highest BCUT2D eigenvalue weighted by Gasteiger charge is 2.54. The molecule has 0 N–H and O–H groups in total. The predicted octanol–water partition coefficient (Wildman–Crippen LogP) is 3.44. The number of ether oxygens (including phenoxy) is 1. The van der Waals surface area contributed by atoms with Gasteiger partial charge in [0.15, 0.2) is 0 Å². The Morgan fingerprint density at radius 1 is 1.43 bits per heavy atom. The Bertz CT molecular complexity index is 664. The summed E-state index contributed by atoms with van der Waals surface area (Å²) in [5, 5.41) is 5.02. The first-order valence-corrected chi connectivity index (χ1v) is 7.85. The molecular weight excluding hydrogens is 264 g/mol. The molecule has 0 amide bonds. The van der Waals surface area contributed by atoms with E-state index in [4.69, 9.17) is 8.85 Å². The number of methoxy groups -OCH3 is 1. The molecule has 0 radical (unpaired) electrons. The van der Waals surface area contributed by atoms with E-state index in [0.29, 0.717) is 18.2 Å². The molecule has 1 saturated heterocycles. The smallest absolute Gasteiger partial charge is 0.119 e. The van der Waals surface area contributed by atoms with Crippen LogP contribution in [-0.4, -0.2) is 24.6 Å². The van der Waals surface area contributed by atoms with Crippen molar-refractivity contribution in [2.75, 3.05) is 13.6 Å². The van der Waals surface area contributed by atoms with E-state index >= 15 is 0 Å². The molecule has 2 aliphatic carbocycles. The lowest BCUT2D eigenvalue weighted by molar-refractivity contribution is -0.0112. The van der Waals surface area contributed by atoms with Crippen molar-refractivity contribution in [3.05, 3.63) is 34.2 Å². The van der Waals surface area contributed by atoms with Gasteiger partial charge in [-0.2, -0.15) is 0 Å². The molecular formula is C17H22N2O2. The molecule has 2 bridgehead atoms. The maximum Gasteiger partial charge on any atom is 0.119 e. The monoisotopic (exact) mass is 289 g/mol. The zero-order valence-corrected chi connectivity index (χ0v) is 12.0. The van der Waals surface area contributed by atoms with Gasteiger partial charge in [-0.05, 0) is 54.9 Å². The summed E-state index contributed by atoms with van der Waals surface area (Å²) in [7, 11) is -2.43. The molecule has 4 rings (SSSR count). The molecule has 4 nitrogen and oxygen atoms in total. The minimum atomic E-state index is -2.43. The largest absolute Gasteiger partial charge is 0.497 e. The Hall–Kier alpha value is -1.58. The van der Waals surface area contributed by atoms with Crippen molar-refractivity contribution >= 4 is 0 Å². The molecule has 112 valence electrons. The quantitative estimate of drug-likeness (QED) is 0.783. The molecule has 0 unspecified atom stereocenters. The number of fused-ring (bicyclic) bond motifs is 1. The summed E-state index contributed by atoms with van der Waals surface area (Å²) < 4.78 is 27.2. The fraction of sp³-hybridized carbons (Fsp3) is 0.647. The number of rotatable bonds is 2. The lowest BCUT2D eigenvalue weighted by Crippen LogP contribution is -2.59. The Kier molecular flexibility index (Phi) is 2.29. The van der Waals surface area contributed by atoms with Crippen LogP contribution >= 0.6 is 0 Å². The van der Waals surface area contributed by atoms with Gasteiger partial charge in [0.2, 0.25) is 0 Å². The second-order valence-corrected chi connectivity index (χ2v) is 6.70. The molecule has 0 spiro atoms. The zero-order valence-electron chi connectivity index (χ0n) is 15.0. The highest BCUT2D eigenvalue weighted by Crippen LogP contribution is 2.56. The topological polar surface area (TPSA) is 41.9 Å². The number of benzene rings is 1. The summed E-state index contributed by atoms with van der Waals surface area (Å²) in [5.41, 5.74) is 2.51. The minimum absolute atomic E-state index is 0.0474. The summed E-state index contributed by atoms with van der Waals surface area (Å²) in [6, 6.07) is 5.84. The summed E-state index contributed by atoms with van der Waals surface area (Å²) in [6.45, 7) is 0.689. The zero-order chi connectivity index (χ0) is 16.9. The molecule has 3 atom stereocenters. The van der Waals surface area contributed by atoms with Crippen molar-refractivity contribution in [1.29, 1.82) is 0 Å². The maximum atomic E-state index is 11.2. The predicted molar refractivity (Wildman–Crippen MR) is 81.2 cm³/mol.